The van der Waals surface area contributed by atoms with Gasteiger partial charge in [0.1, 0.15) is 5.65 Å². The molecule has 0 saturated carbocycles. The first kappa shape index (κ1) is 27.0. The Bertz CT molecular complexity index is 2570. The van der Waals surface area contributed by atoms with Crippen LogP contribution in [0.25, 0.3) is 83.3 Å². The molecule has 0 spiro atoms. The number of hydrogen-bond donors (Lipinski definition) is 0. The zero-order chi connectivity index (χ0) is 31.2. The molecule has 9 rings (SSSR count). The predicted octanol–water partition coefficient (Wildman–Crippen LogP) is 11.4. The molecule has 7 aromatic carbocycles. The van der Waals surface area contributed by atoms with Crippen molar-refractivity contribution in [2.45, 2.75) is 0 Å². The van der Waals surface area contributed by atoms with Gasteiger partial charge in [0.25, 0.3) is 0 Å². The third kappa shape index (κ3) is 4.77. The maximum Gasteiger partial charge on any atom is 0.162 e. The van der Waals surface area contributed by atoms with Crippen molar-refractivity contribution in [2.24, 2.45) is 0 Å². The van der Waals surface area contributed by atoms with Crippen molar-refractivity contribution in [3.05, 3.63) is 176 Å². The lowest BCUT2D eigenvalue weighted by Gasteiger charge is -2.12. The largest absolute Gasteiger partial charge is 0.294 e. The van der Waals surface area contributed by atoms with Gasteiger partial charge in [0.2, 0.25) is 0 Å². The second kappa shape index (κ2) is 11.2. The fourth-order valence-electron chi connectivity index (χ4n) is 6.71. The van der Waals surface area contributed by atoms with Crippen LogP contribution in [0.2, 0.25) is 0 Å². The summed E-state index contributed by atoms with van der Waals surface area (Å²) >= 11 is 0. The van der Waals surface area contributed by atoms with Crippen molar-refractivity contribution >= 4 is 32.7 Å². The molecule has 220 valence electrons. The van der Waals surface area contributed by atoms with E-state index in [1.165, 1.54) is 21.9 Å². The van der Waals surface area contributed by atoms with Gasteiger partial charge in [-0.05, 0) is 69.4 Å². The number of nitrogens with zero attached hydrogens (tertiary/aromatic N) is 3. The molecule has 0 aliphatic heterocycles. The van der Waals surface area contributed by atoms with E-state index in [0.717, 1.165) is 55.6 Å². The molecule has 3 nitrogen and oxygen atoms in total. The summed E-state index contributed by atoms with van der Waals surface area (Å²) < 4.78 is 2.27. The van der Waals surface area contributed by atoms with Gasteiger partial charge in [0.05, 0.1) is 16.6 Å². The Labute approximate surface area is 273 Å². The first-order valence-electron chi connectivity index (χ1n) is 15.9. The normalized spacial score (nSPS) is 11.4. The Morgan fingerprint density at radius 3 is 1.81 bits per heavy atom. The summed E-state index contributed by atoms with van der Waals surface area (Å²) in [7, 11) is 0. The third-order valence-electron chi connectivity index (χ3n) is 8.98. The predicted molar refractivity (Wildman–Crippen MR) is 196 cm³/mol. The Morgan fingerprint density at radius 2 is 0.979 bits per heavy atom. The molecule has 0 amide bonds. The summed E-state index contributed by atoms with van der Waals surface area (Å²) in [6, 6.07) is 62.0. The van der Waals surface area contributed by atoms with Gasteiger partial charge in [-0.25, -0.2) is 9.97 Å². The molecule has 2 aromatic heterocycles. The molecule has 0 N–H and O–H groups in total. The fraction of sp³-hybridized carbons (Fsp3) is 0. The summed E-state index contributed by atoms with van der Waals surface area (Å²) in [6.07, 6.45) is 0. The minimum absolute atomic E-state index is 0.695. The van der Waals surface area contributed by atoms with Gasteiger partial charge < -0.3 is 0 Å². The van der Waals surface area contributed by atoms with Crippen molar-refractivity contribution in [2.75, 3.05) is 0 Å². The van der Waals surface area contributed by atoms with Gasteiger partial charge >= 0.3 is 0 Å². The quantitative estimate of drug-likeness (QED) is 0.197. The number of benzene rings is 7. The molecule has 0 aliphatic rings. The Hall–Kier alpha value is -6.32. The summed E-state index contributed by atoms with van der Waals surface area (Å²) in [4.78, 5) is 10.8. The highest BCUT2D eigenvalue weighted by molar-refractivity contribution is 6.14. The van der Waals surface area contributed by atoms with E-state index in [1.54, 1.807) is 0 Å². The number of hydrogen-bond acceptors (Lipinski definition) is 2. The Kier molecular flexibility index (Phi) is 6.46. The number of rotatable bonds is 5. The van der Waals surface area contributed by atoms with Crippen molar-refractivity contribution in [1.82, 2.24) is 14.5 Å². The van der Waals surface area contributed by atoms with Crippen LogP contribution in [-0.2, 0) is 0 Å². The van der Waals surface area contributed by atoms with Gasteiger partial charge in [-0.15, -0.1) is 0 Å². The van der Waals surface area contributed by atoms with Crippen LogP contribution in [0.3, 0.4) is 0 Å². The van der Waals surface area contributed by atoms with Crippen molar-refractivity contribution in [3.8, 4) is 50.6 Å². The van der Waals surface area contributed by atoms with Crippen LogP contribution in [0.1, 0.15) is 0 Å². The molecule has 9 aromatic rings. The van der Waals surface area contributed by atoms with Crippen molar-refractivity contribution in [1.29, 1.82) is 0 Å². The van der Waals surface area contributed by atoms with Crippen LogP contribution in [0.5, 0.6) is 0 Å². The van der Waals surface area contributed by atoms with E-state index in [4.69, 9.17) is 9.97 Å². The second-order valence-corrected chi connectivity index (χ2v) is 11.9. The smallest absolute Gasteiger partial charge is 0.162 e. The summed E-state index contributed by atoms with van der Waals surface area (Å²) in [6.45, 7) is 0. The molecule has 47 heavy (non-hydrogen) atoms. The van der Waals surface area contributed by atoms with E-state index < -0.39 is 0 Å². The average Bonchev–Trinajstić information content (AvgIpc) is 3.49. The lowest BCUT2D eigenvalue weighted by molar-refractivity contribution is 1.11. The van der Waals surface area contributed by atoms with Crippen molar-refractivity contribution < 1.29 is 0 Å². The molecule has 0 saturated heterocycles. The summed E-state index contributed by atoms with van der Waals surface area (Å²) in [5.41, 5.74) is 10.6. The van der Waals surface area contributed by atoms with Crippen LogP contribution in [0.4, 0.5) is 0 Å². The SMILES string of the molecule is c1ccc(-c2cccc(-c3nc(-c4cccc(-c5ccc6ccccc6c5)c4)nc4c3c3ccccc3n4-c3ccccc3)c2)cc1. The molecular weight excluding hydrogens is 571 g/mol. The Morgan fingerprint density at radius 1 is 0.383 bits per heavy atom. The van der Waals surface area contributed by atoms with Gasteiger partial charge in [0.15, 0.2) is 5.82 Å². The minimum Gasteiger partial charge on any atom is -0.294 e. The van der Waals surface area contributed by atoms with Crippen LogP contribution in [0.15, 0.2) is 176 Å². The van der Waals surface area contributed by atoms with Crippen LogP contribution >= 0.6 is 0 Å². The monoisotopic (exact) mass is 599 g/mol. The van der Waals surface area contributed by atoms with E-state index >= 15 is 0 Å². The van der Waals surface area contributed by atoms with Gasteiger partial charge in [0, 0.05) is 22.2 Å². The molecule has 0 aliphatic carbocycles. The molecule has 2 heterocycles. The molecule has 0 radical (unpaired) electrons. The van der Waals surface area contributed by atoms with E-state index in [9.17, 15) is 0 Å². The first-order valence-corrected chi connectivity index (χ1v) is 15.9. The van der Waals surface area contributed by atoms with Gasteiger partial charge in [-0.3, -0.25) is 4.57 Å². The van der Waals surface area contributed by atoms with E-state index in [2.05, 4.69) is 180 Å². The second-order valence-electron chi connectivity index (χ2n) is 11.9. The topological polar surface area (TPSA) is 30.7 Å². The van der Waals surface area contributed by atoms with E-state index in [0.29, 0.717) is 5.82 Å². The Balaban J connectivity index is 1.31. The molecule has 0 unspecified atom stereocenters. The molecular formula is C44H29N3. The van der Waals surface area contributed by atoms with Gasteiger partial charge in [-0.2, -0.15) is 0 Å². The number of para-hydroxylation sites is 2. The molecule has 0 bridgehead atoms. The lowest BCUT2D eigenvalue weighted by Crippen LogP contribution is -1.99. The zero-order valence-corrected chi connectivity index (χ0v) is 25.6. The van der Waals surface area contributed by atoms with Crippen LogP contribution in [0, 0.1) is 0 Å². The van der Waals surface area contributed by atoms with E-state index in [1.807, 2.05) is 0 Å². The minimum atomic E-state index is 0.695. The molecule has 0 fully saturated rings. The maximum absolute atomic E-state index is 5.39. The number of fused-ring (bicyclic) bond motifs is 4. The van der Waals surface area contributed by atoms with Crippen LogP contribution in [-0.4, -0.2) is 14.5 Å². The fourth-order valence-corrected chi connectivity index (χ4v) is 6.71. The van der Waals surface area contributed by atoms with E-state index in [-0.39, 0.29) is 0 Å². The average molecular weight is 600 g/mol. The third-order valence-corrected chi connectivity index (χ3v) is 8.98. The standard InChI is InChI=1S/C44H29N3/c1-3-13-30(14-4-1)33-17-11-19-36(28-33)42-41-39-23-9-10-24-40(39)47(38-21-5-2-6-22-38)44(41)46-43(45-42)37-20-12-18-34(29-37)35-26-25-31-15-7-8-16-32(31)27-35/h1-29H. The number of aromatic nitrogens is 3. The summed E-state index contributed by atoms with van der Waals surface area (Å²) in [5, 5.41) is 4.63. The highest BCUT2D eigenvalue weighted by atomic mass is 15.1. The van der Waals surface area contributed by atoms with Gasteiger partial charge in [-0.1, -0.05) is 140 Å². The van der Waals surface area contributed by atoms with Crippen LogP contribution < -0.4 is 0 Å². The molecule has 3 heteroatoms. The highest BCUT2D eigenvalue weighted by Crippen LogP contribution is 2.39. The zero-order valence-electron chi connectivity index (χ0n) is 25.6. The molecule has 0 atom stereocenters. The highest BCUT2D eigenvalue weighted by Gasteiger charge is 2.21. The maximum atomic E-state index is 5.39. The first-order chi connectivity index (χ1) is 23.3. The van der Waals surface area contributed by atoms with Crippen molar-refractivity contribution in [3.63, 3.8) is 0 Å². The summed E-state index contributed by atoms with van der Waals surface area (Å²) in [5.74, 6) is 0.695. The lowest BCUT2D eigenvalue weighted by atomic mass is 9.98.